The fourth-order valence-electron chi connectivity index (χ4n) is 1.39. The maximum atomic E-state index is 12.9. The molecule has 6 heteroatoms. The topological polar surface area (TPSA) is 61.6 Å². The number of nitrogens with two attached hydrogens (primary N) is 1. The number of primary amides is 1. The Morgan fingerprint density at radius 2 is 2.28 bits per heavy atom. The number of hydrogen-bond donors (Lipinski definition) is 1. The van der Waals surface area contributed by atoms with Crippen LogP contribution in [0.25, 0.3) is 0 Å². The fourth-order valence-corrected chi connectivity index (χ4v) is 1.59. The average molecular weight is 276 g/mol. The van der Waals surface area contributed by atoms with Gasteiger partial charge in [-0.15, -0.1) is 11.6 Å². The van der Waals surface area contributed by atoms with Crippen LogP contribution in [0, 0.1) is 5.82 Å². The van der Waals surface area contributed by atoms with E-state index in [1.54, 1.807) is 6.92 Å². The summed E-state index contributed by atoms with van der Waals surface area (Å²) in [6.07, 6.45) is -0.657. The zero-order valence-corrected chi connectivity index (χ0v) is 10.7. The monoisotopic (exact) mass is 275 g/mol. The molecule has 4 nitrogen and oxygen atoms in total. The quantitative estimate of drug-likeness (QED) is 0.812. The van der Waals surface area contributed by atoms with Gasteiger partial charge in [-0.05, 0) is 25.1 Å². The van der Waals surface area contributed by atoms with Crippen LogP contribution in [0.2, 0.25) is 0 Å². The number of halogens is 2. The third-order valence-electron chi connectivity index (χ3n) is 2.27. The number of ether oxygens (including phenoxy) is 2. The molecule has 100 valence electrons. The highest BCUT2D eigenvalue weighted by molar-refractivity contribution is 6.17. The molecule has 0 aliphatic carbocycles. The Hall–Kier alpha value is -1.49. The summed E-state index contributed by atoms with van der Waals surface area (Å²) in [4.78, 5) is 10.5. The highest BCUT2D eigenvalue weighted by Crippen LogP contribution is 2.21. The van der Waals surface area contributed by atoms with E-state index in [2.05, 4.69) is 0 Å². The Morgan fingerprint density at radius 1 is 1.56 bits per heavy atom. The van der Waals surface area contributed by atoms with E-state index in [0.29, 0.717) is 24.3 Å². The molecule has 0 saturated carbocycles. The van der Waals surface area contributed by atoms with Crippen molar-refractivity contribution in [3.05, 3.63) is 29.6 Å². The van der Waals surface area contributed by atoms with Gasteiger partial charge in [0.2, 0.25) is 0 Å². The van der Waals surface area contributed by atoms with E-state index in [1.807, 2.05) is 0 Å². The van der Waals surface area contributed by atoms with Crippen molar-refractivity contribution in [2.24, 2.45) is 5.73 Å². The van der Waals surface area contributed by atoms with E-state index >= 15 is 0 Å². The first kappa shape index (κ1) is 14.6. The summed E-state index contributed by atoms with van der Waals surface area (Å²) in [7, 11) is 0. The molecule has 0 spiro atoms. The smallest absolute Gasteiger partial charge is 0.404 e. The maximum absolute atomic E-state index is 12.9. The van der Waals surface area contributed by atoms with Gasteiger partial charge in [0, 0.05) is 12.0 Å². The Labute approximate surface area is 110 Å². The van der Waals surface area contributed by atoms with Gasteiger partial charge < -0.3 is 15.2 Å². The molecule has 0 heterocycles. The normalized spacial score (nSPS) is 11.9. The minimum Gasteiger partial charge on any atom is -0.493 e. The molecule has 0 radical (unpaired) electrons. The van der Waals surface area contributed by atoms with Crippen molar-refractivity contribution < 1.29 is 18.7 Å². The van der Waals surface area contributed by atoms with Gasteiger partial charge in [-0.25, -0.2) is 9.18 Å². The molecule has 1 rings (SSSR count). The van der Waals surface area contributed by atoms with Gasteiger partial charge in [-0.2, -0.15) is 0 Å². The lowest BCUT2D eigenvalue weighted by Gasteiger charge is -2.13. The molecule has 0 aliphatic heterocycles. The molecule has 0 bridgehead atoms. The number of carbonyl (C=O) groups is 1. The minimum absolute atomic E-state index is 0.167. The van der Waals surface area contributed by atoms with E-state index in [1.165, 1.54) is 18.2 Å². The zero-order valence-electron chi connectivity index (χ0n) is 9.99. The van der Waals surface area contributed by atoms with Crippen LogP contribution in [-0.4, -0.2) is 18.8 Å². The van der Waals surface area contributed by atoms with Crippen LogP contribution in [0.5, 0.6) is 5.75 Å². The van der Waals surface area contributed by atoms with Crippen LogP contribution in [-0.2, 0) is 10.6 Å². The summed E-state index contributed by atoms with van der Waals surface area (Å²) in [6, 6.07) is 4.15. The lowest BCUT2D eigenvalue weighted by molar-refractivity contribution is 0.101. The van der Waals surface area contributed by atoms with Gasteiger partial charge in [0.05, 0.1) is 12.5 Å². The number of benzene rings is 1. The SMILES string of the molecule is C[C@H](CCOc1ccc(F)cc1CCl)OC(N)=O. The Kier molecular flexibility index (Phi) is 5.71. The largest absolute Gasteiger partial charge is 0.493 e. The van der Waals surface area contributed by atoms with Crippen LogP contribution in [0.15, 0.2) is 18.2 Å². The van der Waals surface area contributed by atoms with Crippen LogP contribution in [0.3, 0.4) is 0 Å². The molecular weight excluding hydrogens is 261 g/mol. The van der Waals surface area contributed by atoms with E-state index in [9.17, 15) is 9.18 Å². The van der Waals surface area contributed by atoms with Crippen molar-refractivity contribution >= 4 is 17.7 Å². The Bertz CT molecular complexity index is 414. The van der Waals surface area contributed by atoms with Gasteiger partial charge in [0.15, 0.2) is 0 Å². The number of hydrogen-bond acceptors (Lipinski definition) is 3. The van der Waals surface area contributed by atoms with Crippen LogP contribution >= 0.6 is 11.6 Å². The molecule has 18 heavy (non-hydrogen) atoms. The summed E-state index contributed by atoms with van der Waals surface area (Å²) in [5.74, 6) is 0.335. The number of amides is 1. The third kappa shape index (κ3) is 4.79. The fraction of sp³-hybridized carbons (Fsp3) is 0.417. The Morgan fingerprint density at radius 3 is 2.89 bits per heavy atom. The molecular formula is C12H15ClFNO3. The van der Waals surface area contributed by atoms with Crippen molar-refractivity contribution in [2.75, 3.05) is 6.61 Å². The van der Waals surface area contributed by atoms with Crippen LogP contribution in [0.1, 0.15) is 18.9 Å². The van der Waals surface area contributed by atoms with Gasteiger partial charge in [0.25, 0.3) is 0 Å². The summed E-state index contributed by atoms with van der Waals surface area (Å²) in [6.45, 7) is 2.03. The lowest BCUT2D eigenvalue weighted by Crippen LogP contribution is -2.22. The second-order valence-corrected chi connectivity index (χ2v) is 4.04. The highest BCUT2D eigenvalue weighted by Gasteiger charge is 2.08. The van der Waals surface area contributed by atoms with Crippen molar-refractivity contribution in [3.63, 3.8) is 0 Å². The third-order valence-corrected chi connectivity index (χ3v) is 2.55. The first-order valence-corrected chi connectivity index (χ1v) is 5.99. The Balaban J connectivity index is 2.46. The summed E-state index contributed by atoms with van der Waals surface area (Å²) in [5, 5.41) is 0. The molecule has 0 aliphatic rings. The summed E-state index contributed by atoms with van der Waals surface area (Å²) >= 11 is 5.68. The van der Waals surface area contributed by atoms with Crippen LogP contribution < -0.4 is 10.5 Å². The maximum Gasteiger partial charge on any atom is 0.404 e. The van der Waals surface area contributed by atoms with Crippen LogP contribution in [0.4, 0.5) is 9.18 Å². The molecule has 1 aromatic carbocycles. The van der Waals surface area contributed by atoms with E-state index in [4.69, 9.17) is 26.8 Å². The molecule has 0 unspecified atom stereocenters. The average Bonchev–Trinajstić information content (AvgIpc) is 2.30. The minimum atomic E-state index is -0.814. The lowest BCUT2D eigenvalue weighted by atomic mass is 10.2. The first-order valence-electron chi connectivity index (χ1n) is 5.46. The van der Waals surface area contributed by atoms with Gasteiger partial charge in [-0.3, -0.25) is 0 Å². The first-order chi connectivity index (χ1) is 8.52. The summed E-state index contributed by atoms with van der Waals surface area (Å²) in [5.41, 5.74) is 5.46. The molecule has 1 amide bonds. The summed E-state index contributed by atoms with van der Waals surface area (Å²) < 4.78 is 23.1. The van der Waals surface area contributed by atoms with Crippen molar-refractivity contribution in [2.45, 2.75) is 25.3 Å². The second kappa shape index (κ2) is 7.06. The molecule has 1 aromatic rings. The van der Waals surface area contributed by atoms with E-state index in [-0.39, 0.29) is 17.8 Å². The van der Waals surface area contributed by atoms with Crippen molar-refractivity contribution in [3.8, 4) is 5.75 Å². The second-order valence-electron chi connectivity index (χ2n) is 3.77. The van der Waals surface area contributed by atoms with Crippen molar-refractivity contribution in [1.82, 2.24) is 0 Å². The molecule has 0 saturated heterocycles. The predicted octanol–water partition coefficient (Wildman–Crippen LogP) is 2.82. The molecule has 0 aromatic heterocycles. The molecule has 1 atom stereocenters. The highest BCUT2D eigenvalue weighted by atomic mass is 35.5. The standard InChI is InChI=1S/C12H15ClFNO3/c1-8(18-12(15)16)4-5-17-11-3-2-10(14)6-9(11)7-13/h2-3,6,8H,4-5,7H2,1H3,(H2,15,16)/t8-/m1/s1. The van der Waals surface area contributed by atoms with Crippen molar-refractivity contribution in [1.29, 1.82) is 0 Å². The van der Waals surface area contributed by atoms with Gasteiger partial charge in [-0.1, -0.05) is 0 Å². The van der Waals surface area contributed by atoms with E-state index < -0.39 is 6.09 Å². The van der Waals surface area contributed by atoms with E-state index in [0.717, 1.165) is 0 Å². The van der Waals surface area contributed by atoms with Gasteiger partial charge >= 0.3 is 6.09 Å². The number of rotatable bonds is 6. The van der Waals surface area contributed by atoms with Gasteiger partial charge in [0.1, 0.15) is 17.7 Å². The predicted molar refractivity (Wildman–Crippen MR) is 66.2 cm³/mol. The molecule has 0 fully saturated rings. The number of alkyl halides is 1. The number of carbonyl (C=O) groups excluding carboxylic acids is 1. The molecule has 2 N–H and O–H groups in total. The zero-order chi connectivity index (χ0) is 13.5.